The Morgan fingerprint density at radius 2 is 2.18 bits per heavy atom. The van der Waals surface area contributed by atoms with Crippen LogP contribution in [-0.4, -0.2) is 35.7 Å². The maximum Gasteiger partial charge on any atom is 0.228 e. The molecule has 4 nitrogen and oxygen atoms in total. The zero-order valence-corrected chi connectivity index (χ0v) is 11.1. The van der Waals surface area contributed by atoms with E-state index < -0.39 is 0 Å². The zero-order chi connectivity index (χ0) is 12.6. The molecule has 2 rings (SSSR count). The van der Waals surface area contributed by atoms with Crippen molar-refractivity contribution in [3.8, 4) is 0 Å². The van der Waals surface area contributed by atoms with Gasteiger partial charge >= 0.3 is 0 Å². The van der Waals surface area contributed by atoms with Gasteiger partial charge in [0.15, 0.2) is 5.78 Å². The SMILES string of the molecule is CC1CC(=O)c2sc(CC(=O)N(C)C)nc2C1. The lowest BCUT2D eigenvalue weighted by molar-refractivity contribution is -0.127. The normalized spacial score (nSPS) is 19.0. The van der Waals surface area contributed by atoms with Crippen LogP contribution < -0.4 is 0 Å². The molecule has 1 aliphatic carbocycles. The standard InChI is InChI=1S/C12H16N2O2S/c1-7-4-8-12(9(15)5-7)17-10(13-8)6-11(16)14(2)3/h7H,4-6H2,1-3H3. The van der Waals surface area contributed by atoms with Crippen molar-refractivity contribution in [3.63, 3.8) is 0 Å². The lowest BCUT2D eigenvalue weighted by Gasteiger charge is -2.14. The number of hydrogen-bond donors (Lipinski definition) is 0. The average molecular weight is 252 g/mol. The van der Waals surface area contributed by atoms with Gasteiger partial charge in [0.2, 0.25) is 5.91 Å². The van der Waals surface area contributed by atoms with E-state index in [1.54, 1.807) is 19.0 Å². The molecule has 0 radical (unpaired) electrons. The van der Waals surface area contributed by atoms with Gasteiger partial charge in [-0.25, -0.2) is 4.98 Å². The van der Waals surface area contributed by atoms with E-state index in [0.717, 1.165) is 22.0 Å². The zero-order valence-electron chi connectivity index (χ0n) is 10.3. The molecule has 1 aromatic heterocycles. The fourth-order valence-electron chi connectivity index (χ4n) is 1.93. The summed E-state index contributed by atoms with van der Waals surface area (Å²) in [5, 5.41) is 0.760. The minimum atomic E-state index is 0.0246. The van der Waals surface area contributed by atoms with Crippen molar-refractivity contribution in [1.29, 1.82) is 0 Å². The number of likely N-dealkylation sites (N-methyl/N-ethyl adjacent to an activating group) is 1. The van der Waals surface area contributed by atoms with Crippen LogP contribution in [0.5, 0.6) is 0 Å². The van der Waals surface area contributed by atoms with E-state index >= 15 is 0 Å². The monoisotopic (exact) mass is 252 g/mol. The third-order valence-corrected chi connectivity index (χ3v) is 4.01. The van der Waals surface area contributed by atoms with Crippen LogP contribution in [-0.2, 0) is 17.6 Å². The van der Waals surface area contributed by atoms with Gasteiger partial charge in [-0.1, -0.05) is 6.92 Å². The second-order valence-corrected chi connectivity index (χ2v) is 5.87. The van der Waals surface area contributed by atoms with Crippen molar-refractivity contribution in [2.75, 3.05) is 14.1 Å². The number of fused-ring (bicyclic) bond motifs is 1. The maximum atomic E-state index is 11.8. The molecule has 5 heteroatoms. The molecule has 1 amide bonds. The molecular weight excluding hydrogens is 236 g/mol. The Kier molecular flexibility index (Phi) is 3.28. The molecule has 17 heavy (non-hydrogen) atoms. The summed E-state index contributed by atoms with van der Waals surface area (Å²) in [4.78, 5) is 30.1. The van der Waals surface area contributed by atoms with E-state index in [0.29, 0.717) is 18.8 Å². The van der Waals surface area contributed by atoms with Gasteiger partial charge in [-0.15, -0.1) is 11.3 Å². The maximum absolute atomic E-state index is 11.8. The fourth-order valence-corrected chi connectivity index (χ4v) is 2.96. The van der Waals surface area contributed by atoms with Crippen LogP contribution in [0.3, 0.4) is 0 Å². The average Bonchev–Trinajstić information content (AvgIpc) is 2.60. The van der Waals surface area contributed by atoms with Crippen LogP contribution in [0.2, 0.25) is 0 Å². The Hall–Kier alpha value is -1.23. The van der Waals surface area contributed by atoms with Crippen LogP contribution in [0.1, 0.15) is 33.7 Å². The van der Waals surface area contributed by atoms with Crippen LogP contribution in [0.4, 0.5) is 0 Å². The van der Waals surface area contributed by atoms with Gasteiger partial charge in [-0.05, 0) is 12.3 Å². The molecular formula is C12H16N2O2S. The topological polar surface area (TPSA) is 50.3 Å². The number of Topliss-reactive ketones (excluding diaryl/α,β-unsaturated/α-hetero) is 1. The minimum Gasteiger partial charge on any atom is -0.348 e. The minimum absolute atomic E-state index is 0.0246. The first kappa shape index (κ1) is 12.2. The van der Waals surface area contributed by atoms with Crippen molar-refractivity contribution in [3.05, 3.63) is 15.6 Å². The second-order valence-electron chi connectivity index (χ2n) is 4.78. The summed E-state index contributed by atoms with van der Waals surface area (Å²) >= 11 is 1.38. The molecule has 0 N–H and O–H groups in total. The number of hydrogen-bond acceptors (Lipinski definition) is 4. The van der Waals surface area contributed by atoms with Gasteiger partial charge in [0.25, 0.3) is 0 Å². The summed E-state index contributed by atoms with van der Waals surface area (Å²) < 4.78 is 0. The summed E-state index contributed by atoms with van der Waals surface area (Å²) in [5.41, 5.74) is 0.889. The molecule has 1 aromatic rings. The number of thiazole rings is 1. The van der Waals surface area contributed by atoms with Crippen LogP contribution >= 0.6 is 11.3 Å². The van der Waals surface area contributed by atoms with E-state index in [4.69, 9.17) is 0 Å². The van der Waals surface area contributed by atoms with E-state index in [-0.39, 0.29) is 11.7 Å². The van der Waals surface area contributed by atoms with Crippen molar-refractivity contribution >= 4 is 23.0 Å². The molecule has 0 aliphatic heterocycles. The molecule has 1 heterocycles. The number of nitrogens with zero attached hydrogens (tertiary/aromatic N) is 2. The van der Waals surface area contributed by atoms with Gasteiger partial charge in [-0.2, -0.15) is 0 Å². The molecule has 1 atom stereocenters. The van der Waals surface area contributed by atoms with Crippen molar-refractivity contribution in [2.45, 2.75) is 26.2 Å². The summed E-state index contributed by atoms with van der Waals surface area (Å²) in [7, 11) is 3.45. The molecule has 0 bridgehead atoms. The van der Waals surface area contributed by atoms with Crippen molar-refractivity contribution in [2.24, 2.45) is 5.92 Å². The molecule has 92 valence electrons. The fraction of sp³-hybridized carbons (Fsp3) is 0.583. The largest absolute Gasteiger partial charge is 0.348 e. The van der Waals surface area contributed by atoms with Crippen LogP contribution in [0.25, 0.3) is 0 Å². The Bertz CT molecular complexity index is 465. The van der Waals surface area contributed by atoms with E-state index in [2.05, 4.69) is 11.9 Å². The molecule has 0 aromatic carbocycles. The van der Waals surface area contributed by atoms with Gasteiger partial charge in [0.05, 0.1) is 17.0 Å². The lowest BCUT2D eigenvalue weighted by Crippen LogP contribution is -2.23. The summed E-state index contributed by atoms with van der Waals surface area (Å²) in [6.45, 7) is 2.06. The first-order valence-electron chi connectivity index (χ1n) is 5.69. The number of ketones is 1. The number of amides is 1. The smallest absolute Gasteiger partial charge is 0.228 e. The van der Waals surface area contributed by atoms with E-state index in [1.807, 2.05) is 0 Å². The quantitative estimate of drug-likeness (QED) is 0.802. The van der Waals surface area contributed by atoms with Crippen LogP contribution in [0.15, 0.2) is 0 Å². The number of aromatic nitrogens is 1. The predicted octanol–water partition coefficient (Wildman–Crippen LogP) is 1.54. The lowest BCUT2D eigenvalue weighted by atomic mass is 9.92. The highest BCUT2D eigenvalue weighted by molar-refractivity contribution is 7.14. The Labute approximate surface area is 105 Å². The van der Waals surface area contributed by atoms with Crippen molar-refractivity contribution < 1.29 is 9.59 Å². The molecule has 0 spiro atoms. The molecule has 0 saturated heterocycles. The molecule has 0 fully saturated rings. The molecule has 1 unspecified atom stereocenters. The number of carbonyl (C=O) groups excluding carboxylic acids is 2. The third kappa shape index (κ3) is 2.54. The Balaban J connectivity index is 2.20. The van der Waals surface area contributed by atoms with E-state index in [1.165, 1.54) is 11.3 Å². The Morgan fingerprint density at radius 3 is 2.82 bits per heavy atom. The predicted molar refractivity (Wildman–Crippen MR) is 66.3 cm³/mol. The summed E-state index contributed by atoms with van der Waals surface area (Å²) in [6, 6.07) is 0. The number of carbonyl (C=O) groups is 2. The molecule has 0 saturated carbocycles. The first-order valence-corrected chi connectivity index (χ1v) is 6.51. The van der Waals surface area contributed by atoms with Gasteiger partial charge in [-0.3, -0.25) is 9.59 Å². The highest BCUT2D eigenvalue weighted by Gasteiger charge is 2.26. The highest BCUT2D eigenvalue weighted by atomic mass is 32.1. The van der Waals surface area contributed by atoms with Gasteiger partial charge in [0.1, 0.15) is 5.01 Å². The Morgan fingerprint density at radius 1 is 1.47 bits per heavy atom. The second kappa shape index (κ2) is 4.56. The van der Waals surface area contributed by atoms with Gasteiger partial charge < -0.3 is 4.90 Å². The molecule has 1 aliphatic rings. The van der Waals surface area contributed by atoms with Crippen LogP contribution in [0, 0.1) is 5.92 Å². The van der Waals surface area contributed by atoms with Crippen molar-refractivity contribution in [1.82, 2.24) is 9.88 Å². The summed E-state index contributed by atoms with van der Waals surface area (Å²) in [6.07, 6.45) is 1.76. The third-order valence-electron chi connectivity index (χ3n) is 2.87. The van der Waals surface area contributed by atoms with E-state index in [9.17, 15) is 9.59 Å². The first-order chi connectivity index (χ1) is 7.97. The highest BCUT2D eigenvalue weighted by Crippen LogP contribution is 2.29. The van der Waals surface area contributed by atoms with Gasteiger partial charge in [0, 0.05) is 20.5 Å². The summed E-state index contributed by atoms with van der Waals surface area (Å²) in [5.74, 6) is 0.575. The number of rotatable bonds is 2.